The van der Waals surface area contributed by atoms with E-state index in [1.54, 1.807) is 51.1 Å². The number of aromatic carboxylic acids is 1. The van der Waals surface area contributed by atoms with Gasteiger partial charge >= 0.3 is 68.3 Å². The molecule has 4 N–H and O–H groups in total. The first-order chi connectivity index (χ1) is 50.8. The normalized spacial score (nSPS) is 11.3. The van der Waals surface area contributed by atoms with Crippen molar-refractivity contribution in [1.82, 2.24) is 0 Å². The van der Waals surface area contributed by atoms with Gasteiger partial charge in [0.05, 0.1) is 5.97 Å². The second-order valence-corrected chi connectivity index (χ2v) is 27.3. The van der Waals surface area contributed by atoms with Gasteiger partial charge in [0.1, 0.15) is 23.0 Å². The second-order valence-electron chi connectivity index (χ2n) is 27.3. The molecule has 12 aromatic rings. The fraction of sp³-hybridized carbons (Fsp3) is 0.134. The van der Waals surface area contributed by atoms with E-state index in [1.165, 1.54) is 0 Å². The SMILES string of the molecule is C=c1cc(C)c2c(c1C)Oc1c(C)[c-]cc(C)c1C=2c1ccccc1C(C)=O.C=c1cc(C)c2c(c1C)Oc1c(C)[c-]ccc1C=2c1ccccc1C(C)=O.C=c1ccc2c(c1C)Oc1c(C)[c-]ccc1C=2c1ccccc1C(C)=O.C=c1ccc2c(c1C)Oc1c[c-]ccc1C=2c1ccccc1C(=O)[O-].[Mn+2].[Mn+2].[Mn+2].[Mn+2].[OH-].[OH-].[OH-].[OH-]. The van der Waals surface area contributed by atoms with Gasteiger partial charge in [0.2, 0.25) is 0 Å². The number of carboxylic acid groups (broad SMARTS) is 1. The molecule has 13 nitrogen and oxygen atoms in total. The third-order valence-corrected chi connectivity index (χ3v) is 20.3. The van der Waals surface area contributed by atoms with Crippen molar-refractivity contribution in [2.45, 2.75) is 90.0 Å². The summed E-state index contributed by atoms with van der Waals surface area (Å²) in [4.78, 5) is 48.7. The summed E-state index contributed by atoms with van der Waals surface area (Å²) in [6.45, 7) is 41.5. The summed E-state index contributed by atoms with van der Waals surface area (Å²) in [5.74, 6) is 5.15. The minimum atomic E-state index is -1.20. The van der Waals surface area contributed by atoms with Crippen LogP contribution in [-0.4, -0.2) is 45.2 Å². The van der Waals surface area contributed by atoms with Crippen LogP contribution in [0.2, 0.25) is 0 Å². The van der Waals surface area contributed by atoms with Gasteiger partial charge in [0.25, 0.3) is 0 Å². The quantitative estimate of drug-likeness (QED) is 0.0781. The molecule has 16 rings (SSSR count). The third kappa shape index (κ3) is 17.2. The molecule has 0 amide bonds. The van der Waals surface area contributed by atoms with Crippen molar-refractivity contribution in [1.29, 1.82) is 0 Å². The zero-order valence-corrected chi connectivity index (χ0v) is 69.8. The molecule has 0 aliphatic carbocycles. The molecular formula is C97H81Mn4O13-. The van der Waals surface area contributed by atoms with Crippen molar-refractivity contribution in [2.75, 3.05) is 0 Å². The molecule has 0 saturated heterocycles. The van der Waals surface area contributed by atoms with Gasteiger partial charge in [-0.2, -0.15) is 66.7 Å². The Balaban J connectivity index is 0.000000265. The average molecular weight is 1670 g/mol. The Hall–Kier alpha value is -10.8. The monoisotopic (exact) mass is 1670 g/mol. The van der Waals surface area contributed by atoms with E-state index in [9.17, 15) is 24.3 Å². The van der Waals surface area contributed by atoms with Crippen LogP contribution in [0.3, 0.4) is 0 Å². The Morgan fingerprint density at radius 2 is 0.684 bits per heavy atom. The molecule has 0 saturated carbocycles. The van der Waals surface area contributed by atoms with Crippen LogP contribution >= 0.6 is 0 Å². The zero-order valence-electron chi connectivity index (χ0n) is 65.1. The largest absolute Gasteiger partial charge is 2.00 e. The van der Waals surface area contributed by atoms with Gasteiger partial charge in [-0.15, -0.1) is 28.3 Å². The molecule has 0 unspecified atom stereocenters. The summed E-state index contributed by atoms with van der Waals surface area (Å²) in [6, 6.07) is 70.3. The van der Waals surface area contributed by atoms with Crippen LogP contribution in [0.15, 0.2) is 182 Å². The molecule has 17 heteroatoms. The van der Waals surface area contributed by atoms with Crippen LogP contribution in [0.4, 0.5) is 0 Å². The maximum atomic E-state index is 12.4. The smallest absolute Gasteiger partial charge is 0.870 e. The summed E-state index contributed by atoms with van der Waals surface area (Å²) in [5.41, 5.74) is 23.5. The Kier molecular flexibility index (Phi) is 31.6. The number of aryl methyl sites for hydroxylation is 6. The number of carbonyl (C=O) groups excluding carboxylic acids is 4. The van der Waals surface area contributed by atoms with Crippen LogP contribution in [0, 0.1) is 93.5 Å². The minimum absolute atomic E-state index is 0. The molecule has 0 spiro atoms. The van der Waals surface area contributed by atoms with Crippen LogP contribution in [-0.2, 0) is 68.3 Å². The van der Waals surface area contributed by atoms with Crippen molar-refractivity contribution in [3.8, 4) is 46.0 Å². The maximum Gasteiger partial charge on any atom is 2.00 e. The average Bonchev–Trinajstić information content (AvgIpc) is 0.754. The van der Waals surface area contributed by atoms with Crippen molar-refractivity contribution >= 4 is 71.9 Å². The first-order valence-electron chi connectivity index (χ1n) is 35.0. The predicted octanol–water partition coefficient (Wildman–Crippen LogP) is 14.3. The first kappa shape index (κ1) is 93.8. The predicted molar refractivity (Wildman–Crippen MR) is 428 cm³/mol. The molecule has 4 heterocycles. The number of carboxylic acids is 1. The molecule has 0 aromatic heterocycles. The number of Topliss-reactive ketones (excluding diaryl/α,β-unsaturated/α-hetero) is 3. The standard InChI is InChI=1S/C26H23O2.C25H21O2.C24H19O2.C22H15O3.4Mn.4H2O/c1-14-11-12-15(2)25-22(14)24(21-10-8-7-9-20(21)19(6)27)23-17(4)13-16(3)18(5)26(23)28-25;1-14-9-8-12-21-23(20-11-7-6-10-19(20)18(5)26)22-16(3)13-15(2)17(4)25(22)27-24(14)21;1-14-12-13-21-22(19-10-6-5-9-18(19)17(4)25)20-11-7-8-15(2)23(20)26-24(21)16(14)3;1-13-11-12-18-20(15-7-3-4-8-16(15)22(23)24)17-9-5-6-10-19(17)25-21(18)14(13)2;;;;;;;;/h7-11,13H,3H2,1-2,4-6H3;6-8,10-13H,2H2,1,3-5H3;5-7,9-13H,1H2,2-4H3;3-5,7-12H,1H2,2H3,(H,23,24);;;;;4*1H2/q4*-1;4*+2;;;;/p-5. The van der Waals surface area contributed by atoms with E-state index in [0.717, 1.165) is 199 Å². The van der Waals surface area contributed by atoms with Crippen molar-refractivity contribution in [3.05, 3.63) is 370 Å². The Labute approximate surface area is 706 Å². The molecule has 12 aromatic carbocycles. The van der Waals surface area contributed by atoms with Crippen LogP contribution in [0.5, 0.6) is 46.0 Å². The minimum Gasteiger partial charge on any atom is -0.870 e. The van der Waals surface area contributed by atoms with E-state index in [1.807, 2.05) is 188 Å². The third-order valence-electron chi connectivity index (χ3n) is 20.3. The van der Waals surface area contributed by atoms with Crippen molar-refractivity contribution in [2.24, 2.45) is 0 Å². The molecule has 0 fully saturated rings. The van der Waals surface area contributed by atoms with E-state index in [4.69, 9.17) is 18.9 Å². The Morgan fingerprint density at radius 3 is 1.14 bits per heavy atom. The molecule has 114 heavy (non-hydrogen) atoms. The number of fused-ring (bicyclic) bond motifs is 8. The maximum absolute atomic E-state index is 12.4. The molecule has 4 aliphatic heterocycles. The molecule has 0 bridgehead atoms. The number of ketones is 3. The Morgan fingerprint density at radius 1 is 0.333 bits per heavy atom. The molecule has 4 aliphatic rings. The van der Waals surface area contributed by atoms with Gasteiger partial charge < -0.3 is 50.8 Å². The van der Waals surface area contributed by atoms with Gasteiger partial charge in [-0.1, -0.05) is 210 Å². The van der Waals surface area contributed by atoms with E-state index < -0.39 is 5.97 Å². The summed E-state index contributed by atoms with van der Waals surface area (Å²) >= 11 is 0. The topological polar surface area (TPSA) is 248 Å². The van der Waals surface area contributed by atoms with Crippen molar-refractivity contribution in [3.63, 3.8) is 0 Å². The summed E-state index contributed by atoms with van der Waals surface area (Å²) in [5, 5.41) is 19.3. The number of carbonyl (C=O) groups is 4. The molecular weight excluding hydrogens is 1590 g/mol. The summed E-state index contributed by atoms with van der Waals surface area (Å²) < 4.78 is 25.2. The number of benzene rings is 12. The fourth-order valence-corrected chi connectivity index (χ4v) is 14.6. The Bertz CT molecular complexity index is 6340. The van der Waals surface area contributed by atoms with Crippen LogP contribution < -0.4 is 65.8 Å². The summed E-state index contributed by atoms with van der Waals surface area (Å²) in [6.07, 6.45) is 0. The van der Waals surface area contributed by atoms with Gasteiger partial charge in [-0.25, -0.2) is 0 Å². The summed E-state index contributed by atoms with van der Waals surface area (Å²) in [7, 11) is 0. The second kappa shape index (κ2) is 38.4. The van der Waals surface area contributed by atoms with Gasteiger partial charge in [0, 0.05) is 66.1 Å². The number of rotatable bonds is 8. The molecule has 4 radical (unpaired) electrons. The van der Waals surface area contributed by atoms with E-state index in [0.29, 0.717) is 28.2 Å². The van der Waals surface area contributed by atoms with E-state index in [2.05, 4.69) is 83.5 Å². The van der Waals surface area contributed by atoms with E-state index in [-0.39, 0.29) is 113 Å². The number of hydrogen-bond acceptors (Lipinski definition) is 13. The molecule has 576 valence electrons. The van der Waals surface area contributed by atoms with Gasteiger partial charge in [0.15, 0.2) is 17.3 Å². The molecule has 0 atom stereocenters. The number of hydrogen-bond donors (Lipinski definition) is 0. The van der Waals surface area contributed by atoms with Crippen LogP contribution in [0.25, 0.3) is 48.6 Å². The first-order valence-corrected chi connectivity index (χ1v) is 35.0. The van der Waals surface area contributed by atoms with Gasteiger partial charge in [-0.05, 0) is 161 Å². The van der Waals surface area contributed by atoms with Crippen LogP contribution in [0.1, 0.15) is 162 Å². The number of ether oxygens (including phenoxy) is 4. The fourth-order valence-electron chi connectivity index (χ4n) is 14.6. The van der Waals surface area contributed by atoms with Crippen molar-refractivity contribution < 1.29 is 133 Å². The zero-order chi connectivity index (χ0) is 75.4. The van der Waals surface area contributed by atoms with Gasteiger partial charge in [-0.3, -0.25) is 14.4 Å². The van der Waals surface area contributed by atoms with E-state index >= 15 is 0 Å².